The molecule has 0 radical (unpaired) electrons. The van der Waals surface area contributed by atoms with Gasteiger partial charge in [0.25, 0.3) is 5.91 Å². The number of hydrogen-bond acceptors (Lipinski definition) is 3. The van der Waals surface area contributed by atoms with Crippen LogP contribution >= 0.6 is 0 Å². The standard InChI is InChI=1S/C17H23N3O2/c1-12(2)10-18-17(21)15-7-8-20(19-15)11-22-16-9-13(3)5-6-14(16)4/h5-9,12H,10-11H2,1-4H3,(H,18,21). The molecule has 1 amide bonds. The quantitative estimate of drug-likeness (QED) is 0.892. The van der Waals surface area contributed by atoms with Gasteiger partial charge in [-0.3, -0.25) is 4.79 Å². The predicted molar refractivity (Wildman–Crippen MR) is 85.9 cm³/mol. The molecule has 0 aliphatic heterocycles. The zero-order chi connectivity index (χ0) is 16.1. The SMILES string of the molecule is Cc1ccc(C)c(OCn2ccc(C(=O)NCC(C)C)n2)c1. The highest BCUT2D eigenvalue weighted by Crippen LogP contribution is 2.19. The van der Waals surface area contributed by atoms with Crippen LogP contribution in [0.2, 0.25) is 0 Å². The smallest absolute Gasteiger partial charge is 0.271 e. The van der Waals surface area contributed by atoms with Gasteiger partial charge in [0, 0.05) is 12.7 Å². The van der Waals surface area contributed by atoms with Gasteiger partial charge in [-0.15, -0.1) is 0 Å². The van der Waals surface area contributed by atoms with Gasteiger partial charge in [-0.2, -0.15) is 5.10 Å². The Morgan fingerprint density at radius 3 is 2.82 bits per heavy atom. The third-order valence-electron chi connectivity index (χ3n) is 3.24. The van der Waals surface area contributed by atoms with Gasteiger partial charge in [0.2, 0.25) is 0 Å². The van der Waals surface area contributed by atoms with Crippen molar-refractivity contribution in [3.63, 3.8) is 0 Å². The summed E-state index contributed by atoms with van der Waals surface area (Å²) in [7, 11) is 0. The molecule has 0 unspecified atom stereocenters. The molecule has 0 aliphatic carbocycles. The zero-order valence-electron chi connectivity index (χ0n) is 13.6. The van der Waals surface area contributed by atoms with E-state index in [9.17, 15) is 4.79 Å². The molecule has 0 atom stereocenters. The first kappa shape index (κ1) is 16.1. The van der Waals surface area contributed by atoms with E-state index in [1.165, 1.54) is 0 Å². The Kier molecular flexibility index (Phi) is 5.20. The summed E-state index contributed by atoms with van der Waals surface area (Å²) in [6, 6.07) is 7.77. The lowest BCUT2D eigenvalue weighted by Crippen LogP contribution is -2.27. The van der Waals surface area contributed by atoms with Crippen molar-refractivity contribution in [1.29, 1.82) is 0 Å². The Morgan fingerprint density at radius 2 is 2.09 bits per heavy atom. The maximum atomic E-state index is 11.9. The summed E-state index contributed by atoms with van der Waals surface area (Å²) >= 11 is 0. The Hall–Kier alpha value is -2.30. The normalized spacial score (nSPS) is 10.8. The molecule has 1 aromatic heterocycles. The predicted octanol–water partition coefficient (Wildman–Crippen LogP) is 2.92. The van der Waals surface area contributed by atoms with Crippen molar-refractivity contribution in [2.75, 3.05) is 6.54 Å². The van der Waals surface area contributed by atoms with Crippen molar-refractivity contribution in [3.8, 4) is 5.75 Å². The van der Waals surface area contributed by atoms with Crippen LogP contribution in [0.3, 0.4) is 0 Å². The number of rotatable bonds is 6. The van der Waals surface area contributed by atoms with E-state index in [0.717, 1.165) is 16.9 Å². The summed E-state index contributed by atoms with van der Waals surface area (Å²) in [6.07, 6.45) is 1.75. The highest BCUT2D eigenvalue weighted by Gasteiger charge is 2.10. The molecule has 0 saturated heterocycles. The van der Waals surface area contributed by atoms with Crippen molar-refractivity contribution < 1.29 is 9.53 Å². The van der Waals surface area contributed by atoms with Crippen LogP contribution in [0.5, 0.6) is 5.75 Å². The molecule has 2 aromatic rings. The van der Waals surface area contributed by atoms with E-state index < -0.39 is 0 Å². The summed E-state index contributed by atoms with van der Waals surface area (Å²) in [5.41, 5.74) is 2.63. The van der Waals surface area contributed by atoms with Gasteiger partial charge < -0.3 is 10.1 Å². The van der Waals surface area contributed by atoms with Gasteiger partial charge in [0.1, 0.15) is 11.4 Å². The van der Waals surface area contributed by atoms with Crippen molar-refractivity contribution >= 4 is 5.91 Å². The topological polar surface area (TPSA) is 56.1 Å². The molecule has 5 heteroatoms. The van der Waals surface area contributed by atoms with Gasteiger partial charge in [-0.05, 0) is 43.0 Å². The molecule has 5 nitrogen and oxygen atoms in total. The number of nitrogens with zero attached hydrogens (tertiary/aromatic N) is 2. The summed E-state index contributed by atoms with van der Waals surface area (Å²) in [5, 5.41) is 7.08. The molecule has 1 heterocycles. The summed E-state index contributed by atoms with van der Waals surface area (Å²) in [6.45, 7) is 9.06. The summed E-state index contributed by atoms with van der Waals surface area (Å²) < 4.78 is 7.38. The lowest BCUT2D eigenvalue weighted by atomic mass is 10.1. The number of carbonyl (C=O) groups is 1. The maximum Gasteiger partial charge on any atom is 0.271 e. The maximum absolute atomic E-state index is 11.9. The first-order chi connectivity index (χ1) is 10.5. The molecule has 0 saturated carbocycles. The molecule has 0 spiro atoms. The average Bonchev–Trinajstić information content (AvgIpc) is 2.94. The van der Waals surface area contributed by atoms with Crippen molar-refractivity contribution in [3.05, 3.63) is 47.3 Å². The fourth-order valence-electron chi connectivity index (χ4n) is 1.94. The molecule has 22 heavy (non-hydrogen) atoms. The Bertz CT molecular complexity index is 647. The second kappa shape index (κ2) is 7.11. The number of nitrogens with one attached hydrogen (secondary N) is 1. The monoisotopic (exact) mass is 301 g/mol. The Balaban J connectivity index is 1.94. The van der Waals surface area contributed by atoms with Gasteiger partial charge in [0.15, 0.2) is 6.73 Å². The Labute approximate surface area is 131 Å². The van der Waals surface area contributed by atoms with Crippen LogP contribution in [0.4, 0.5) is 0 Å². The summed E-state index contributed by atoms with van der Waals surface area (Å²) in [5.74, 6) is 1.10. The second-order valence-corrected chi connectivity index (χ2v) is 5.89. The van der Waals surface area contributed by atoms with Crippen LogP contribution in [0, 0.1) is 19.8 Å². The fraction of sp³-hybridized carbons (Fsp3) is 0.412. The van der Waals surface area contributed by atoms with Crippen molar-refractivity contribution in [2.24, 2.45) is 5.92 Å². The Morgan fingerprint density at radius 1 is 1.32 bits per heavy atom. The van der Waals surface area contributed by atoms with Gasteiger partial charge in [0.05, 0.1) is 0 Å². The van der Waals surface area contributed by atoms with Gasteiger partial charge in [-0.25, -0.2) is 4.68 Å². The van der Waals surface area contributed by atoms with E-state index in [1.807, 2.05) is 32.0 Å². The van der Waals surface area contributed by atoms with Crippen LogP contribution < -0.4 is 10.1 Å². The number of benzene rings is 1. The van der Waals surface area contributed by atoms with E-state index >= 15 is 0 Å². The minimum absolute atomic E-state index is 0.154. The molecule has 118 valence electrons. The number of amides is 1. The molecule has 1 aromatic carbocycles. The van der Waals surface area contributed by atoms with E-state index in [4.69, 9.17) is 4.74 Å². The molecule has 0 aliphatic rings. The minimum atomic E-state index is -0.154. The highest BCUT2D eigenvalue weighted by atomic mass is 16.5. The van der Waals surface area contributed by atoms with Crippen LogP contribution in [-0.2, 0) is 6.73 Å². The first-order valence-electron chi connectivity index (χ1n) is 7.47. The lowest BCUT2D eigenvalue weighted by molar-refractivity contribution is 0.0942. The number of aryl methyl sites for hydroxylation is 2. The molecular weight excluding hydrogens is 278 g/mol. The second-order valence-electron chi connectivity index (χ2n) is 5.89. The molecule has 0 fully saturated rings. The van der Waals surface area contributed by atoms with Gasteiger partial charge >= 0.3 is 0 Å². The molecular formula is C17H23N3O2. The molecule has 0 bridgehead atoms. The molecule has 2 rings (SSSR count). The van der Waals surface area contributed by atoms with E-state index in [-0.39, 0.29) is 12.6 Å². The van der Waals surface area contributed by atoms with Crippen LogP contribution in [0.1, 0.15) is 35.5 Å². The van der Waals surface area contributed by atoms with Crippen molar-refractivity contribution in [2.45, 2.75) is 34.4 Å². The number of aromatic nitrogens is 2. The highest BCUT2D eigenvalue weighted by molar-refractivity contribution is 5.92. The van der Waals surface area contributed by atoms with Crippen LogP contribution in [0.15, 0.2) is 30.5 Å². The number of ether oxygens (including phenoxy) is 1. The van der Waals surface area contributed by atoms with Crippen molar-refractivity contribution in [1.82, 2.24) is 15.1 Å². The van der Waals surface area contributed by atoms with E-state index in [0.29, 0.717) is 18.2 Å². The number of carbonyl (C=O) groups excluding carboxylic acids is 1. The van der Waals surface area contributed by atoms with Crippen LogP contribution in [-0.4, -0.2) is 22.2 Å². The minimum Gasteiger partial charge on any atom is -0.471 e. The lowest BCUT2D eigenvalue weighted by Gasteiger charge is -2.10. The summed E-state index contributed by atoms with van der Waals surface area (Å²) in [4.78, 5) is 11.9. The van der Waals surface area contributed by atoms with E-state index in [2.05, 4.69) is 24.3 Å². The average molecular weight is 301 g/mol. The van der Waals surface area contributed by atoms with Crippen LogP contribution in [0.25, 0.3) is 0 Å². The molecule has 1 N–H and O–H groups in total. The third-order valence-corrected chi connectivity index (χ3v) is 3.24. The first-order valence-corrected chi connectivity index (χ1v) is 7.47. The largest absolute Gasteiger partial charge is 0.471 e. The number of hydrogen-bond donors (Lipinski definition) is 1. The third kappa shape index (κ3) is 4.35. The van der Waals surface area contributed by atoms with E-state index in [1.54, 1.807) is 16.9 Å². The zero-order valence-corrected chi connectivity index (χ0v) is 13.6. The van der Waals surface area contributed by atoms with Gasteiger partial charge in [-0.1, -0.05) is 26.0 Å². The fourth-order valence-corrected chi connectivity index (χ4v) is 1.94.